The summed E-state index contributed by atoms with van der Waals surface area (Å²) in [6.45, 7) is 2.00. The summed E-state index contributed by atoms with van der Waals surface area (Å²) >= 11 is 1.70. The van der Waals surface area contributed by atoms with Crippen molar-refractivity contribution in [2.75, 3.05) is 11.5 Å². The number of thioether (sulfide) groups is 1. The van der Waals surface area contributed by atoms with E-state index in [-0.39, 0.29) is 0 Å². The number of nitrogen functional groups attached to an aromatic ring is 1. The molecule has 94 valence electrons. The molecule has 0 aliphatic heterocycles. The number of rotatable bonds is 5. The molecule has 0 fully saturated rings. The molecule has 2 rings (SSSR count). The number of hydrogen-bond acceptors (Lipinski definition) is 4. The third-order valence-electron chi connectivity index (χ3n) is 2.58. The predicted octanol–water partition coefficient (Wildman–Crippen LogP) is 3.09. The normalized spacial score (nSPS) is 10.5. The Kier molecular flexibility index (Phi) is 4.59. The summed E-state index contributed by atoms with van der Waals surface area (Å²) in [6, 6.07) is 8.07. The highest BCUT2D eigenvalue weighted by Crippen LogP contribution is 2.15. The molecule has 1 heterocycles. The lowest BCUT2D eigenvalue weighted by atomic mass is 10.1. The summed E-state index contributed by atoms with van der Waals surface area (Å²) in [5.41, 5.74) is 8.90. The summed E-state index contributed by atoms with van der Waals surface area (Å²) in [5.74, 6) is 1.04. The van der Waals surface area contributed by atoms with Gasteiger partial charge < -0.3 is 5.73 Å². The van der Waals surface area contributed by atoms with Gasteiger partial charge in [-0.2, -0.15) is 0 Å². The first-order chi connectivity index (χ1) is 8.74. The molecule has 0 atom stereocenters. The van der Waals surface area contributed by atoms with Crippen molar-refractivity contribution in [3.05, 3.63) is 47.8 Å². The topological polar surface area (TPSA) is 51.8 Å². The summed E-state index contributed by atoms with van der Waals surface area (Å²) in [4.78, 5) is 8.54. The third-order valence-corrected chi connectivity index (χ3v) is 3.54. The highest BCUT2D eigenvalue weighted by molar-refractivity contribution is 7.99. The van der Waals surface area contributed by atoms with Gasteiger partial charge in [0.15, 0.2) is 5.16 Å². The van der Waals surface area contributed by atoms with Gasteiger partial charge >= 0.3 is 0 Å². The zero-order chi connectivity index (χ0) is 12.8. The molecule has 1 aromatic carbocycles. The van der Waals surface area contributed by atoms with Crippen molar-refractivity contribution in [1.29, 1.82) is 0 Å². The number of benzene rings is 1. The lowest BCUT2D eigenvalue weighted by molar-refractivity contribution is 0.914. The van der Waals surface area contributed by atoms with Crippen molar-refractivity contribution in [2.45, 2.75) is 24.9 Å². The van der Waals surface area contributed by atoms with Gasteiger partial charge in [0.05, 0.1) is 0 Å². The van der Waals surface area contributed by atoms with Gasteiger partial charge in [0.25, 0.3) is 0 Å². The molecule has 4 heteroatoms. The van der Waals surface area contributed by atoms with E-state index in [0.29, 0.717) is 0 Å². The standard InChI is InChI=1S/C14H17N3S/c1-11-9-16-14(17-10-11)18-8-2-3-12-4-6-13(15)7-5-12/h4-7,9-10H,2-3,8,15H2,1H3. The fraction of sp³-hybridized carbons (Fsp3) is 0.286. The van der Waals surface area contributed by atoms with Gasteiger partial charge in [0.2, 0.25) is 0 Å². The molecule has 1 aromatic heterocycles. The van der Waals surface area contributed by atoms with Crippen molar-refractivity contribution in [3.63, 3.8) is 0 Å². The third kappa shape index (κ3) is 4.04. The average Bonchev–Trinajstić information content (AvgIpc) is 2.39. The number of anilines is 1. The van der Waals surface area contributed by atoms with E-state index in [9.17, 15) is 0 Å². The van der Waals surface area contributed by atoms with Crippen LogP contribution >= 0.6 is 11.8 Å². The van der Waals surface area contributed by atoms with Crippen LogP contribution in [-0.2, 0) is 6.42 Å². The van der Waals surface area contributed by atoms with Crippen LogP contribution in [0.25, 0.3) is 0 Å². The highest BCUT2D eigenvalue weighted by Gasteiger charge is 1.98. The summed E-state index contributed by atoms with van der Waals surface area (Å²) in [6.07, 6.45) is 5.90. The Hall–Kier alpha value is -1.55. The smallest absolute Gasteiger partial charge is 0.187 e. The maximum absolute atomic E-state index is 5.65. The highest BCUT2D eigenvalue weighted by atomic mass is 32.2. The molecule has 0 amide bonds. The van der Waals surface area contributed by atoms with Crippen LogP contribution in [0.15, 0.2) is 41.8 Å². The summed E-state index contributed by atoms with van der Waals surface area (Å²) in [5, 5.41) is 0.859. The van der Waals surface area contributed by atoms with Gasteiger partial charge in [-0.3, -0.25) is 0 Å². The minimum Gasteiger partial charge on any atom is -0.399 e. The fourth-order valence-electron chi connectivity index (χ4n) is 1.58. The van der Waals surface area contributed by atoms with Crippen LogP contribution in [0.1, 0.15) is 17.5 Å². The average molecular weight is 259 g/mol. The van der Waals surface area contributed by atoms with Crippen LogP contribution in [0, 0.1) is 6.92 Å². The number of nitrogens with zero attached hydrogens (tertiary/aromatic N) is 2. The Labute approximate surface area is 112 Å². The van der Waals surface area contributed by atoms with Gasteiger partial charge in [0, 0.05) is 23.8 Å². The Morgan fingerprint density at radius 1 is 1.11 bits per heavy atom. The van der Waals surface area contributed by atoms with E-state index in [4.69, 9.17) is 5.73 Å². The first kappa shape index (κ1) is 12.9. The van der Waals surface area contributed by atoms with Gasteiger partial charge in [-0.15, -0.1) is 0 Å². The van der Waals surface area contributed by atoms with Crippen molar-refractivity contribution < 1.29 is 0 Å². The number of nitrogens with two attached hydrogens (primary N) is 1. The zero-order valence-corrected chi connectivity index (χ0v) is 11.3. The van der Waals surface area contributed by atoms with Crippen LogP contribution in [-0.4, -0.2) is 15.7 Å². The number of aryl methyl sites for hydroxylation is 2. The van der Waals surface area contributed by atoms with E-state index in [1.165, 1.54) is 5.56 Å². The van der Waals surface area contributed by atoms with E-state index in [0.717, 1.165) is 35.0 Å². The van der Waals surface area contributed by atoms with Gasteiger partial charge in [-0.25, -0.2) is 9.97 Å². The minimum absolute atomic E-state index is 0.821. The van der Waals surface area contributed by atoms with Crippen LogP contribution in [0.2, 0.25) is 0 Å². The van der Waals surface area contributed by atoms with Crippen molar-refractivity contribution in [1.82, 2.24) is 9.97 Å². The maximum atomic E-state index is 5.65. The fourth-order valence-corrected chi connectivity index (χ4v) is 2.31. The van der Waals surface area contributed by atoms with Crippen LogP contribution < -0.4 is 5.73 Å². The molecule has 0 spiro atoms. The van der Waals surface area contributed by atoms with Crippen molar-refractivity contribution in [3.8, 4) is 0 Å². The second-order valence-electron chi connectivity index (χ2n) is 4.24. The molecular formula is C14H17N3S. The zero-order valence-electron chi connectivity index (χ0n) is 10.5. The molecule has 18 heavy (non-hydrogen) atoms. The second-order valence-corrected chi connectivity index (χ2v) is 5.30. The Morgan fingerprint density at radius 3 is 2.44 bits per heavy atom. The summed E-state index contributed by atoms with van der Waals surface area (Å²) < 4.78 is 0. The van der Waals surface area contributed by atoms with Crippen LogP contribution in [0.5, 0.6) is 0 Å². The van der Waals surface area contributed by atoms with Crippen LogP contribution in [0.3, 0.4) is 0 Å². The Bertz CT molecular complexity index is 432. The largest absolute Gasteiger partial charge is 0.399 e. The summed E-state index contributed by atoms with van der Waals surface area (Å²) in [7, 11) is 0. The maximum Gasteiger partial charge on any atom is 0.187 e. The van der Waals surface area contributed by atoms with Crippen molar-refractivity contribution in [2.24, 2.45) is 0 Å². The van der Waals surface area contributed by atoms with Crippen LogP contribution in [0.4, 0.5) is 5.69 Å². The second kappa shape index (κ2) is 6.40. The molecule has 0 aliphatic rings. The Morgan fingerprint density at radius 2 is 1.78 bits per heavy atom. The monoisotopic (exact) mass is 259 g/mol. The molecule has 0 bridgehead atoms. The van der Waals surface area contributed by atoms with E-state index in [2.05, 4.69) is 22.1 Å². The quantitative estimate of drug-likeness (QED) is 0.388. The molecule has 0 unspecified atom stereocenters. The van der Waals surface area contributed by atoms with Gasteiger partial charge in [-0.05, 0) is 43.0 Å². The molecule has 0 saturated heterocycles. The molecule has 0 radical (unpaired) electrons. The molecule has 0 saturated carbocycles. The number of aromatic nitrogens is 2. The van der Waals surface area contributed by atoms with Gasteiger partial charge in [-0.1, -0.05) is 23.9 Å². The minimum atomic E-state index is 0.821. The van der Waals surface area contributed by atoms with Gasteiger partial charge in [0.1, 0.15) is 0 Å². The van der Waals surface area contributed by atoms with E-state index in [1.807, 2.05) is 31.5 Å². The first-order valence-electron chi connectivity index (χ1n) is 6.00. The lowest BCUT2D eigenvalue weighted by Crippen LogP contribution is -1.92. The Balaban J connectivity index is 1.73. The number of hydrogen-bond donors (Lipinski definition) is 1. The lowest BCUT2D eigenvalue weighted by Gasteiger charge is -2.02. The van der Waals surface area contributed by atoms with E-state index < -0.39 is 0 Å². The molecule has 2 aromatic rings. The predicted molar refractivity (Wildman–Crippen MR) is 76.7 cm³/mol. The van der Waals surface area contributed by atoms with E-state index >= 15 is 0 Å². The first-order valence-corrected chi connectivity index (χ1v) is 6.98. The SMILES string of the molecule is Cc1cnc(SCCCc2ccc(N)cc2)nc1. The van der Waals surface area contributed by atoms with Crippen molar-refractivity contribution >= 4 is 17.4 Å². The molecular weight excluding hydrogens is 242 g/mol. The molecule has 3 nitrogen and oxygen atoms in total. The van der Waals surface area contributed by atoms with E-state index in [1.54, 1.807) is 11.8 Å². The molecule has 0 aliphatic carbocycles. The molecule has 2 N–H and O–H groups in total.